The lowest BCUT2D eigenvalue weighted by Crippen LogP contribution is -2.36. The third kappa shape index (κ3) is 4.86. The second-order valence-electron chi connectivity index (χ2n) is 7.86. The van der Waals surface area contributed by atoms with Gasteiger partial charge in [0.1, 0.15) is 0 Å². The molecule has 0 aliphatic heterocycles. The summed E-state index contributed by atoms with van der Waals surface area (Å²) in [5.74, 6) is -0.201. The number of anilines is 2. The van der Waals surface area contributed by atoms with E-state index in [0.29, 0.717) is 23.5 Å². The first-order chi connectivity index (χ1) is 15.0. The third-order valence-electron chi connectivity index (χ3n) is 5.57. The average molecular weight is 415 g/mol. The number of benzene rings is 3. The smallest absolute Gasteiger partial charge is 0.315 e. The van der Waals surface area contributed by atoms with Crippen molar-refractivity contribution in [2.75, 3.05) is 11.1 Å². The molecule has 0 bridgehead atoms. The van der Waals surface area contributed by atoms with Crippen LogP contribution in [0, 0.1) is 6.92 Å². The minimum atomic E-state index is -0.201. The van der Waals surface area contributed by atoms with Gasteiger partial charge in [-0.15, -0.1) is 0 Å². The monoisotopic (exact) mass is 414 g/mol. The topological polar surface area (TPSA) is 96.2 Å². The SMILES string of the molecule is Cc1ccc(CNC(=O)NC2CCc3cc(C(=O)Nc4ccccc4N)ccc32)cc1. The average Bonchev–Trinajstić information content (AvgIpc) is 3.17. The summed E-state index contributed by atoms with van der Waals surface area (Å²) in [5, 5.41) is 8.81. The van der Waals surface area contributed by atoms with Crippen molar-refractivity contribution >= 4 is 23.3 Å². The molecule has 1 atom stereocenters. The van der Waals surface area contributed by atoms with Crippen LogP contribution in [-0.4, -0.2) is 11.9 Å². The first-order valence-electron chi connectivity index (χ1n) is 10.4. The van der Waals surface area contributed by atoms with Crippen molar-refractivity contribution in [1.29, 1.82) is 0 Å². The van der Waals surface area contributed by atoms with E-state index in [4.69, 9.17) is 5.73 Å². The highest BCUT2D eigenvalue weighted by molar-refractivity contribution is 6.05. The molecular weight excluding hydrogens is 388 g/mol. The van der Waals surface area contributed by atoms with E-state index in [-0.39, 0.29) is 18.0 Å². The Bertz CT molecular complexity index is 1110. The van der Waals surface area contributed by atoms with Crippen LogP contribution in [0.4, 0.5) is 16.2 Å². The highest BCUT2D eigenvalue weighted by Gasteiger charge is 2.25. The van der Waals surface area contributed by atoms with E-state index in [1.54, 1.807) is 18.2 Å². The summed E-state index contributed by atoms with van der Waals surface area (Å²) in [6, 6.07) is 20.6. The van der Waals surface area contributed by atoms with Gasteiger partial charge in [0.2, 0.25) is 0 Å². The summed E-state index contributed by atoms with van der Waals surface area (Å²) < 4.78 is 0. The van der Waals surface area contributed by atoms with Gasteiger partial charge in [0.15, 0.2) is 0 Å². The molecule has 158 valence electrons. The number of fused-ring (bicyclic) bond motifs is 1. The number of carbonyl (C=O) groups is 2. The minimum absolute atomic E-state index is 0.0603. The molecule has 0 heterocycles. The van der Waals surface area contributed by atoms with Gasteiger partial charge in [-0.2, -0.15) is 0 Å². The molecule has 4 rings (SSSR count). The van der Waals surface area contributed by atoms with Gasteiger partial charge in [0.05, 0.1) is 17.4 Å². The van der Waals surface area contributed by atoms with Crippen molar-refractivity contribution in [3.05, 3.63) is 94.5 Å². The van der Waals surface area contributed by atoms with Gasteiger partial charge in [0.25, 0.3) is 5.91 Å². The van der Waals surface area contributed by atoms with Crippen LogP contribution in [0.2, 0.25) is 0 Å². The fourth-order valence-electron chi connectivity index (χ4n) is 3.81. The molecule has 1 aliphatic carbocycles. The number of aryl methyl sites for hydroxylation is 2. The number of amides is 3. The lowest BCUT2D eigenvalue weighted by atomic mass is 10.0. The number of hydrogen-bond acceptors (Lipinski definition) is 3. The second kappa shape index (κ2) is 8.92. The first-order valence-corrected chi connectivity index (χ1v) is 10.4. The van der Waals surface area contributed by atoms with Crippen LogP contribution in [0.15, 0.2) is 66.7 Å². The second-order valence-corrected chi connectivity index (χ2v) is 7.86. The van der Waals surface area contributed by atoms with Crippen molar-refractivity contribution in [3.8, 4) is 0 Å². The lowest BCUT2D eigenvalue weighted by Gasteiger charge is -2.15. The molecule has 0 spiro atoms. The molecule has 0 fully saturated rings. The third-order valence-corrected chi connectivity index (χ3v) is 5.57. The molecule has 31 heavy (non-hydrogen) atoms. The van der Waals surface area contributed by atoms with Crippen molar-refractivity contribution < 1.29 is 9.59 Å². The van der Waals surface area contributed by atoms with E-state index in [9.17, 15) is 9.59 Å². The molecular formula is C25H26N4O2. The molecule has 3 amide bonds. The summed E-state index contributed by atoms with van der Waals surface area (Å²) in [7, 11) is 0. The maximum Gasteiger partial charge on any atom is 0.315 e. The highest BCUT2D eigenvalue weighted by Crippen LogP contribution is 2.32. The van der Waals surface area contributed by atoms with Gasteiger partial charge in [0, 0.05) is 12.1 Å². The quantitative estimate of drug-likeness (QED) is 0.468. The summed E-state index contributed by atoms with van der Waals surface area (Å²) in [4.78, 5) is 25.0. The van der Waals surface area contributed by atoms with Crippen LogP contribution in [0.5, 0.6) is 0 Å². The number of urea groups is 1. The number of nitrogens with two attached hydrogens (primary N) is 1. The maximum atomic E-state index is 12.6. The first kappa shape index (κ1) is 20.5. The summed E-state index contributed by atoms with van der Waals surface area (Å²) in [6.07, 6.45) is 1.62. The van der Waals surface area contributed by atoms with E-state index < -0.39 is 0 Å². The van der Waals surface area contributed by atoms with Crippen LogP contribution in [0.1, 0.15) is 45.1 Å². The minimum Gasteiger partial charge on any atom is -0.397 e. The lowest BCUT2D eigenvalue weighted by molar-refractivity contribution is 0.102. The Labute approximate surface area is 181 Å². The number of carbonyl (C=O) groups excluding carboxylic acids is 2. The van der Waals surface area contributed by atoms with Crippen LogP contribution >= 0.6 is 0 Å². The Kier molecular flexibility index (Phi) is 5.89. The Morgan fingerprint density at radius 2 is 1.81 bits per heavy atom. The van der Waals surface area contributed by atoms with Gasteiger partial charge in [-0.3, -0.25) is 4.79 Å². The molecule has 6 nitrogen and oxygen atoms in total. The normalized spacial score (nSPS) is 14.5. The fourth-order valence-corrected chi connectivity index (χ4v) is 3.81. The summed E-state index contributed by atoms with van der Waals surface area (Å²) >= 11 is 0. The Morgan fingerprint density at radius 3 is 2.58 bits per heavy atom. The van der Waals surface area contributed by atoms with E-state index in [0.717, 1.165) is 29.5 Å². The number of nitrogen functional groups attached to an aromatic ring is 1. The molecule has 1 unspecified atom stereocenters. The predicted molar refractivity (Wildman–Crippen MR) is 123 cm³/mol. The van der Waals surface area contributed by atoms with Crippen LogP contribution < -0.4 is 21.7 Å². The maximum absolute atomic E-state index is 12.6. The van der Waals surface area contributed by atoms with E-state index in [2.05, 4.69) is 16.0 Å². The van der Waals surface area contributed by atoms with Gasteiger partial charge < -0.3 is 21.7 Å². The molecule has 0 saturated heterocycles. The number of para-hydroxylation sites is 2. The zero-order chi connectivity index (χ0) is 21.8. The molecule has 1 aliphatic rings. The Balaban J connectivity index is 1.36. The number of hydrogen-bond donors (Lipinski definition) is 4. The van der Waals surface area contributed by atoms with Crippen LogP contribution in [0.3, 0.4) is 0 Å². The van der Waals surface area contributed by atoms with Gasteiger partial charge in [-0.1, -0.05) is 48.0 Å². The molecule has 5 N–H and O–H groups in total. The van der Waals surface area contributed by atoms with Crippen molar-refractivity contribution in [2.24, 2.45) is 0 Å². The summed E-state index contributed by atoms with van der Waals surface area (Å²) in [6.45, 7) is 2.51. The van der Waals surface area contributed by atoms with Crippen molar-refractivity contribution in [2.45, 2.75) is 32.4 Å². The largest absolute Gasteiger partial charge is 0.397 e. The molecule has 0 saturated carbocycles. The Morgan fingerprint density at radius 1 is 1.03 bits per heavy atom. The van der Waals surface area contributed by atoms with Crippen molar-refractivity contribution in [1.82, 2.24) is 10.6 Å². The van der Waals surface area contributed by atoms with Crippen LogP contribution in [0.25, 0.3) is 0 Å². The number of rotatable bonds is 5. The van der Waals surface area contributed by atoms with Gasteiger partial charge in [-0.25, -0.2) is 4.79 Å². The fraction of sp³-hybridized carbons (Fsp3) is 0.200. The zero-order valence-electron chi connectivity index (χ0n) is 17.4. The van der Waals surface area contributed by atoms with E-state index in [1.165, 1.54) is 5.56 Å². The summed E-state index contributed by atoms with van der Waals surface area (Å²) in [5.41, 5.74) is 12.0. The molecule has 0 radical (unpaired) electrons. The molecule has 3 aromatic carbocycles. The highest BCUT2D eigenvalue weighted by atomic mass is 16.2. The van der Waals surface area contributed by atoms with Crippen LogP contribution in [-0.2, 0) is 13.0 Å². The van der Waals surface area contributed by atoms with Crippen molar-refractivity contribution in [3.63, 3.8) is 0 Å². The van der Waals surface area contributed by atoms with E-state index in [1.807, 2.05) is 55.5 Å². The predicted octanol–water partition coefficient (Wildman–Crippen LogP) is 4.32. The molecule has 3 aromatic rings. The van der Waals surface area contributed by atoms with E-state index >= 15 is 0 Å². The molecule has 6 heteroatoms. The zero-order valence-corrected chi connectivity index (χ0v) is 17.4. The standard InChI is InChI=1S/C25H26N4O2/c1-16-6-8-17(9-7-16)15-27-25(31)29-22-13-11-18-14-19(10-12-20(18)22)24(30)28-23-5-3-2-4-21(23)26/h2-10,12,14,22H,11,13,15,26H2,1H3,(H,28,30)(H2,27,29,31). The van der Waals surface area contributed by atoms with Gasteiger partial charge in [-0.05, 0) is 60.7 Å². The van der Waals surface area contributed by atoms with Gasteiger partial charge >= 0.3 is 6.03 Å². The molecule has 0 aromatic heterocycles. The Hall–Kier alpha value is -3.80. The number of nitrogens with one attached hydrogen (secondary N) is 3.